The second-order valence-electron chi connectivity index (χ2n) is 5.78. The van der Waals surface area contributed by atoms with Crippen molar-refractivity contribution in [3.8, 4) is 11.5 Å². The molecule has 6 nitrogen and oxygen atoms in total. The summed E-state index contributed by atoms with van der Waals surface area (Å²) in [6, 6.07) is 11.3. The van der Waals surface area contributed by atoms with E-state index in [4.69, 9.17) is 5.11 Å². The number of para-hydroxylation sites is 1. The molecule has 6 heteroatoms. The van der Waals surface area contributed by atoms with Crippen molar-refractivity contribution in [2.24, 2.45) is 0 Å². The van der Waals surface area contributed by atoms with Crippen molar-refractivity contribution in [2.45, 2.75) is 19.4 Å². The molecule has 0 saturated heterocycles. The predicted octanol–water partition coefficient (Wildman–Crippen LogP) is 3.15. The second-order valence-corrected chi connectivity index (χ2v) is 5.78. The molecule has 0 spiro atoms. The van der Waals surface area contributed by atoms with Gasteiger partial charge in [0.05, 0.1) is 0 Å². The topological polar surface area (TPSA) is 99.8 Å². The molecule has 1 aromatic heterocycles. The quantitative estimate of drug-likeness (QED) is 0.473. The Morgan fingerprint density at radius 2 is 1.76 bits per heavy atom. The van der Waals surface area contributed by atoms with Gasteiger partial charge in [0.15, 0.2) is 17.3 Å². The van der Waals surface area contributed by atoms with Crippen molar-refractivity contribution in [3.05, 3.63) is 59.8 Å². The Kier molecular flexibility index (Phi) is 4.43. The normalized spacial score (nSPS) is 10.9. The van der Waals surface area contributed by atoms with Crippen LogP contribution in [-0.2, 0) is 11.3 Å². The molecule has 0 unspecified atom stereocenters. The van der Waals surface area contributed by atoms with Crippen molar-refractivity contribution in [2.75, 3.05) is 0 Å². The van der Waals surface area contributed by atoms with Gasteiger partial charge in [0, 0.05) is 41.2 Å². The average Bonchev–Trinajstić information content (AvgIpc) is 2.95. The molecule has 2 aromatic carbocycles. The molecule has 1 heterocycles. The average molecular weight is 339 g/mol. The Hall–Kier alpha value is -3.28. The molecular weight excluding hydrogens is 322 g/mol. The first kappa shape index (κ1) is 16.6. The first-order chi connectivity index (χ1) is 12.0. The van der Waals surface area contributed by atoms with Gasteiger partial charge in [0.25, 0.3) is 0 Å². The van der Waals surface area contributed by atoms with Gasteiger partial charge in [-0.15, -0.1) is 0 Å². The van der Waals surface area contributed by atoms with E-state index in [0.717, 1.165) is 10.9 Å². The number of fused-ring (bicyclic) bond motifs is 1. The number of nitrogens with zero attached hydrogens (tertiary/aromatic N) is 1. The maximum atomic E-state index is 12.8. The third-order valence-electron chi connectivity index (χ3n) is 4.06. The maximum Gasteiger partial charge on any atom is 0.303 e. The van der Waals surface area contributed by atoms with Crippen LogP contribution in [0.4, 0.5) is 0 Å². The minimum Gasteiger partial charge on any atom is -0.504 e. The van der Waals surface area contributed by atoms with Crippen LogP contribution in [0.5, 0.6) is 11.5 Å². The summed E-state index contributed by atoms with van der Waals surface area (Å²) in [5.41, 5.74) is 1.58. The van der Waals surface area contributed by atoms with E-state index in [9.17, 15) is 19.8 Å². The molecule has 0 aliphatic heterocycles. The summed E-state index contributed by atoms with van der Waals surface area (Å²) in [6.45, 7) is 0.487. The van der Waals surface area contributed by atoms with Crippen LogP contribution in [0.2, 0.25) is 0 Å². The summed E-state index contributed by atoms with van der Waals surface area (Å²) in [6.07, 6.45) is 2.22. The van der Waals surface area contributed by atoms with Crippen LogP contribution >= 0.6 is 0 Å². The molecule has 25 heavy (non-hydrogen) atoms. The van der Waals surface area contributed by atoms with Crippen LogP contribution in [0.25, 0.3) is 10.9 Å². The summed E-state index contributed by atoms with van der Waals surface area (Å²) in [4.78, 5) is 23.5. The largest absolute Gasteiger partial charge is 0.504 e. The third-order valence-corrected chi connectivity index (χ3v) is 4.06. The van der Waals surface area contributed by atoms with E-state index in [1.807, 2.05) is 28.8 Å². The van der Waals surface area contributed by atoms with Gasteiger partial charge in [-0.05, 0) is 30.7 Å². The molecule has 0 atom stereocenters. The monoisotopic (exact) mass is 339 g/mol. The number of carbonyl (C=O) groups excluding carboxylic acids is 1. The Morgan fingerprint density at radius 3 is 2.48 bits per heavy atom. The lowest BCUT2D eigenvalue weighted by Crippen LogP contribution is -2.02. The van der Waals surface area contributed by atoms with Crippen LogP contribution in [-0.4, -0.2) is 31.6 Å². The number of ketones is 1. The number of carboxylic acid groups (broad SMARTS) is 1. The van der Waals surface area contributed by atoms with Crippen molar-refractivity contribution < 1.29 is 24.9 Å². The lowest BCUT2D eigenvalue weighted by atomic mass is 10.0. The summed E-state index contributed by atoms with van der Waals surface area (Å²) >= 11 is 0. The molecule has 3 aromatic rings. The van der Waals surface area contributed by atoms with E-state index in [-0.39, 0.29) is 29.3 Å². The van der Waals surface area contributed by atoms with Crippen molar-refractivity contribution in [1.82, 2.24) is 4.57 Å². The van der Waals surface area contributed by atoms with Gasteiger partial charge < -0.3 is 19.9 Å². The molecule has 3 N–H and O–H groups in total. The first-order valence-corrected chi connectivity index (χ1v) is 7.83. The Balaban J connectivity index is 1.99. The maximum absolute atomic E-state index is 12.8. The van der Waals surface area contributed by atoms with Crippen LogP contribution in [0.3, 0.4) is 0 Å². The molecule has 0 aliphatic carbocycles. The highest BCUT2D eigenvalue weighted by Gasteiger charge is 2.17. The highest BCUT2D eigenvalue weighted by molar-refractivity contribution is 6.16. The Labute approximate surface area is 143 Å². The highest BCUT2D eigenvalue weighted by atomic mass is 16.4. The fourth-order valence-corrected chi connectivity index (χ4v) is 2.83. The first-order valence-electron chi connectivity index (χ1n) is 7.83. The van der Waals surface area contributed by atoms with E-state index < -0.39 is 5.97 Å². The lowest BCUT2D eigenvalue weighted by Gasteiger charge is -2.03. The summed E-state index contributed by atoms with van der Waals surface area (Å²) in [5, 5.41) is 28.6. The van der Waals surface area contributed by atoms with E-state index in [1.54, 1.807) is 6.20 Å². The van der Waals surface area contributed by atoms with Gasteiger partial charge in [0.2, 0.25) is 0 Å². The number of carbonyl (C=O) groups is 2. The van der Waals surface area contributed by atoms with E-state index in [2.05, 4.69) is 0 Å². The number of hydrogen-bond donors (Lipinski definition) is 3. The van der Waals surface area contributed by atoms with Gasteiger partial charge in [0.1, 0.15) is 0 Å². The zero-order valence-corrected chi connectivity index (χ0v) is 13.3. The van der Waals surface area contributed by atoms with Gasteiger partial charge in [-0.25, -0.2) is 0 Å². The molecule has 3 rings (SSSR count). The van der Waals surface area contributed by atoms with Crippen LogP contribution in [0.15, 0.2) is 48.7 Å². The summed E-state index contributed by atoms with van der Waals surface area (Å²) in [5.74, 6) is -1.76. The Morgan fingerprint density at radius 1 is 1.00 bits per heavy atom. The van der Waals surface area contributed by atoms with E-state index in [1.165, 1.54) is 18.2 Å². The minimum atomic E-state index is -0.854. The number of hydrogen-bond acceptors (Lipinski definition) is 4. The predicted molar refractivity (Wildman–Crippen MR) is 92.0 cm³/mol. The lowest BCUT2D eigenvalue weighted by molar-refractivity contribution is -0.137. The fraction of sp³-hybridized carbons (Fsp3) is 0.158. The van der Waals surface area contributed by atoms with Crippen molar-refractivity contribution in [3.63, 3.8) is 0 Å². The smallest absolute Gasteiger partial charge is 0.303 e. The molecule has 0 amide bonds. The minimum absolute atomic E-state index is 0.0572. The molecule has 0 bridgehead atoms. The zero-order chi connectivity index (χ0) is 18.0. The molecule has 128 valence electrons. The highest BCUT2D eigenvalue weighted by Crippen LogP contribution is 2.29. The van der Waals surface area contributed by atoms with Crippen molar-refractivity contribution >= 4 is 22.7 Å². The molecular formula is C19H17NO5. The number of aromatic nitrogens is 1. The number of phenolic OH excluding ortho intramolecular Hbond substituents is 2. The number of carboxylic acids is 1. The van der Waals surface area contributed by atoms with Crippen LogP contribution in [0, 0.1) is 0 Å². The Bertz CT molecular complexity index is 958. The summed E-state index contributed by atoms with van der Waals surface area (Å²) in [7, 11) is 0. The number of benzene rings is 2. The van der Waals surface area contributed by atoms with Gasteiger partial charge in [-0.2, -0.15) is 0 Å². The number of aliphatic carboxylic acids is 1. The SMILES string of the molecule is O=C(O)CCCn1cc(C(=O)c2ccc(O)c(O)c2)c2ccccc21. The van der Waals surface area contributed by atoms with E-state index >= 15 is 0 Å². The van der Waals surface area contributed by atoms with Crippen molar-refractivity contribution in [1.29, 1.82) is 0 Å². The summed E-state index contributed by atoms with van der Waals surface area (Å²) < 4.78 is 1.87. The van der Waals surface area contributed by atoms with Crippen LogP contribution in [0.1, 0.15) is 28.8 Å². The standard InChI is InChI=1S/C19H17NO5/c21-16-8-7-12(10-17(16)22)19(25)14-11-20(9-3-6-18(23)24)15-5-2-1-4-13(14)15/h1-2,4-5,7-8,10-11,21-22H,3,6,9H2,(H,23,24). The molecule has 0 saturated carbocycles. The number of aryl methyl sites for hydroxylation is 1. The third kappa shape index (κ3) is 3.33. The van der Waals surface area contributed by atoms with E-state index in [0.29, 0.717) is 18.5 Å². The number of phenols is 2. The molecule has 0 fully saturated rings. The second kappa shape index (κ2) is 6.68. The fourth-order valence-electron chi connectivity index (χ4n) is 2.83. The van der Waals surface area contributed by atoms with Gasteiger partial charge >= 0.3 is 5.97 Å². The zero-order valence-electron chi connectivity index (χ0n) is 13.3. The van der Waals surface area contributed by atoms with Crippen LogP contribution < -0.4 is 0 Å². The van der Waals surface area contributed by atoms with Gasteiger partial charge in [-0.1, -0.05) is 18.2 Å². The molecule has 0 aliphatic rings. The molecule has 0 radical (unpaired) electrons. The number of aromatic hydroxyl groups is 2. The number of rotatable bonds is 6. The van der Waals surface area contributed by atoms with Gasteiger partial charge in [-0.3, -0.25) is 9.59 Å².